The minimum absolute atomic E-state index is 0. The van der Waals surface area contributed by atoms with Gasteiger partial charge in [0.25, 0.3) is 0 Å². The summed E-state index contributed by atoms with van der Waals surface area (Å²) in [6, 6.07) is 8.70. The molecule has 20 heavy (non-hydrogen) atoms. The van der Waals surface area contributed by atoms with Gasteiger partial charge in [0, 0.05) is 19.2 Å². The zero-order valence-electron chi connectivity index (χ0n) is 11.4. The average molecular weight is 297 g/mol. The van der Waals surface area contributed by atoms with Gasteiger partial charge in [-0.05, 0) is 30.5 Å². The molecule has 0 aliphatic carbocycles. The fourth-order valence-corrected chi connectivity index (χ4v) is 2.86. The Bertz CT molecular complexity index is 461. The quantitative estimate of drug-likeness (QED) is 0.888. The summed E-state index contributed by atoms with van der Waals surface area (Å²) in [6.07, 6.45) is 1.91. The largest absolute Gasteiger partial charge is 0.381 e. The Balaban J connectivity index is 0.00000147. The highest BCUT2D eigenvalue weighted by molar-refractivity contribution is 5.85. The van der Waals surface area contributed by atoms with E-state index in [1.165, 1.54) is 11.1 Å². The summed E-state index contributed by atoms with van der Waals surface area (Å²) < 4.78 is 5.25. The first-order valence-electron chi connectivity index (χ1n) is 7.01. The summed E-state index contributed by atoms with van der Waals surface area (Å²) in [5, 5.41) is 6.53. The Morgan fingerprint density at radius 1 is 1.40 bits per heavy atom. The smallest absolute Gasteiger partial charge is 0.225 e. The predicted octanol–water partition coefficient (Wildman–Crippen LogP) is 1.45. The number of hydrogen-bond donors (Lipinski definition) is 2. The van der Waals surface area contributed by atoms with Crippen LogP contribution in [0.3, 0.4) is 0 Å². The van der Waals surface area contributed by atoms with Crippen LogP contribution in [0.2, 0.25) is 0 Å². The molecule has 1 fully saturated rings. The molecule has 4 nitrogen and oxygen atoms in total. The summed E-state index contributed by atoms with van der Waals surface area (Å²) in [6.45, 7) is 2.92. The van der Waals surface area contributed by atoms with Crippen LogP contribution in [0.1, 0.15) is 23.6 Å². The van der Waals surface area contributed by atoms with Gasteiger partial charge in [-0.2, -0.15) is 0 Å². The number of fused-ring (bicyclic) bond motifs is 1. The molecule has 0 aromatic heterocycles. The minimum Gasteiger partial charge on any atom is -0.381 e. The molecule has 5 heteroatoms. The number of carbonyl (C=O) groups is 1. The number of nitrogens with one attached hydrogen (secondary N) is 2. The van der Waals surface area contributed by atoms with Crippen LogP contribution in [0.25, 0.3) is 0 Å². The Labute approximate surface area is 125 Å². The van der Waals surface area contributed by atoms with Crippen LogP contribution in [-0.2, 0) is 16.0 Å². The zero-order valence-corrected chi connectivity index (χ0v) is 12.2. The van der Waals surface area contributed by atoms with Gasteiger partial charge in [0.15, 0.2) is 0 Å². The zero-order chi connectivity index (χ0) is 13.1. The molecule has 1 aromatic carbocycles. The maximum Gasteiger partial charge on any atom is 0.225 e. The number of rotatable bonds is 3. The van der Waals surface area contributed by atoms with Crippen LogP contribution in [0.15, 0.2) is 24.3 Å². The third-order valence-electron chi connectivity index (χ3n) is 4.00. The van der Waals surface area contributed by atoms with Gasteiger partial charge >= 0.3 is 0 Å². The molecule has 1 amide bonds. The van der Waals surface area contributed by atoms with Gasteiger partial charge in [0.05, 0.1) is 12.5 Å². The topological polar surface area (TPSA) is 50.4 Å². The first-order valence-corrected chi connectivity index (χ1v) is 7.01. The molecule has 0 radical (unpaired) electrons. The summed E-state index contributed by atoms with van der Waals surface area (Å²) in [4.78, 5) is 12.0. The van der Waals surface area contributed by atoms with Crippen LogP contribution < -0.4 is 10.6 Å². The van der Waals surface area contributed by atoms with Crippen LogP contribution in [0.4, 0.5) is 0 Å². The highest BCUT2D eigenvalue weighted by atomic mass is 35.5. The van der Waals surface area contributed by atoms with E-state index in [-0.39, 0.29) is 30.3 Å². The van der Waals surface area contributed by atoms with E-state index in [1.54, 1.807) is 0 Å². The third-order valence-corrected chi connectivity index (χ3v) is 4.00. The van der Waals surface area contributed by atoms with Crippen molar-refractivity contribution < 1.29 is 9.53 Å². The average Bonchev–Trinajstić information content (AvgIpc) is 2.99. The molecule has 3 rings (SSSR count). The number of carbonyl (C=O) groups excluding carboxylic acids is 1. The molecule has 1 aromatic rings. The maximum atomic E-state index is 12.0. The SMILES string of the molecule is Cl.O=C(NCC1NCCc2ccccc21)C1CCOC1. The van der Waals surface area contributed by atoms with E-state index in [2.05, 4.69) is 34.9 Å². The second kappa shape index (κ2) is 7.07. The van der Waals surface area contributed by atoms with Crippen LogP contribution in [0.5, 0.6) is 0 Å². The predicted molar refractivity (Wildman–Crippen MR) is 80.1 cm³/mol. The lowest BCUT2D eigenvalue weighted by atomic mass is 9.94. The molecule has 2 atom stereocenters. The number of amides is 1. The molecule has 2 N–H and O–H groups in total. The van der Waals surface area contributed by atoms with E-state index < -0.39 is 0 Å². The van der Waals surface area contributed by atoms with Crippen molar-refractivity contribution in [1.29, 1.82) is 0 Å². The molecule has 110 valence electrons. The monoisotopic (exact) mass is 296 g/mol. The normalized spacial score (nSPS) is 24.6. The number of benzene rings is 1. The lowest BCUT2D eigenvalue weighted by molar-refractivity contribution is -0.125. The lowest BCUT2D eigenvalue weighted by Crippen LogP contribution is -2.40. The second-order valence-electron chi connectivity index (χ2n) is 5.26. The van der Waals surface area contributed by atoms with Crippen LogP contribution in [-0.4, -0.2) is 32.2 Å². The molecule has 2 heterocycles. The fourth-order valence-electron chi connectivity index (χ4n) is 2.86. The van der Waals surface area contributed by atoms with Crippen molar-refractivity contribution in [2.24, 2.45) is 5.92 Å². The van der Waals surface area contributed by atoms with Crippen LogP contribution >= 0.6 is 12.4 Å². The summed E-state index contributed by atoms with van der Waals surface area (Å²) in [7, 11) is 0. The van der Waals surface area contributed by atoms with Crippen molar-refractivity contribution in [3.8, 4) is 0 Å². The van der Waals surface area contributed by atoms with Gasteiger partial charge in [-0.25, -0.2) is 0 Å². The van der Waals surface area contributed by atoms with Crippen molar-refractivity contribution in [2.75, 3.05) is 26.3 Å². The van der Waals surface area contributed by atoms with Gasteiger partial charge < -0.3 is 15.4 Å². The second-order valence-corrected chi connectivity index (χ2v) is 5.26. The molecule has 0 bridgehead atoms. The van der Waals surface area contributed by atoms with E-state index in [4.69, 9.17) is 4.74 Å². The minimum atomic E-state index is 0. The number of halogens is 1. The Kier molecular flexibility index (Phi) is 5.40. The molecule has 2 aliphatic rings. The van der Waals surface area contributed by atoms with Crippen molar-refractivity contribution in [3.05, 3.63) is 35.4 Å². The first-order chi connectivity index (χ1) is 9.34. The van der Waals surface area contributed by atoms with Crippen LogP contribution in [0, 0.1) is 5.92 Å². The van der Waals surface area contributed by atoms with Crippen molar-refractivity contribution >= 4 is 18.3 Å². The number of ether oxygens (including phenoxy) is 1. The molecule has 2 unspecified atom stereocenters. The molecule has 0 saturated carbocycles. The van der Waals surface area contributed by atoms with E-state index >= 15 is 0 Å². The summed E-state index contributed by atoms with van der Waals surface area (Å²) in [5.41, 5.74) is 2.71. The van der Waals surface area contributed by atoms with Crippen molar-refractivity contribution in [2.45, 2.75) is 18.9 Å². The highest BCUT2D eigenvalue weighted by Crippen LogP contribution is 2.22. The highest BCUT2D eigenvalue weighted by Gasteiger charge is 2.25. The van der Waals surface area contributed by atoms with Crippen molar-refractivity contribution in [1.82, 2.24) is 10.6 Å². The Morgan fingerprint density at radius 2 is 2.25 bits per heavy atom. The lowest BCUT2D eigenvalue weighted by Gasteiger charge is -2.27. The van der Waals surface area contributed by atoms with E-state index in [0.717, 1.165) is 19.4 Å². The van der Waals surface area contributed by atoms with E-state index in [0.29, 0.717) is 19.8 Å². The first kappa shape index (κ1) is 15.3. The maximum absolute atomic E-state index is 12.0. The van der Waals surface area contributed by atoms with E-state index in [1.807, 2.05) is 0 Å². The Morgan fingerprint density at radius 3 is 3.05 bits per heavy atom. The van der Waals surface area contributed by atoms with Gasteiger partial charge in [-0.1, -0.05) is 24.3 Å². The van der Waals surface area contributed by atoms with Gasteiger partial charge in [-0.15, -0.1) is 12.4 Å². The fraction of sp³-hybridized carbons (Fsp3) is 0.533. The van der Waals surface area contributed by atoms with Gasteiger partial charge in [0.1, 0.15) is 0 Å². The molecular weight excluding hydrogens is 276 g/mol. The van der Waals surface area contributed by atoms with E-state index in [9.17, 15) is 4.79 Å². The summed E-state index contributed by atoms with van der Waals surface area (Å²) in [5.74, 6) is 0.168. The van der Waals surface area contributed by atoms with Crippen molar-refractivity contribution in [3.63, 3.8) is 0 Å². The number of hydrogen-bond acceptors (Lipinski definition) is 3. The Hall–Kier alpha value is -1.10. The van der Waals surface area contributed by atoms with Gasteiger partial charge in [-0.3, -0.25) is 4.79 Å². The van der Waals surface area contributed by atoms with Gasteiger partial charge in [0.2, 0.25) is 5.91 Å². The summed E-state index contributed by atoms with van der Waals surface area (Å²) >= 11 is 0. The standard InChI is InChI=1S/C15H20N2O2.ClH/c18-15(12-6-8-19-10-12)17-9-14-13-4-2-1-3-11(13)5-7-16-14;/h1-4,12,14,16H,5-10H2,(H,17,18);1H. The molecule has 0 spiro atoms. The molecular formula is C15H21ClN2O2. The molecule has 2 aliphatic heterocycles. The third kappa shape index (κ3) is 3.32. The molecule has 1 saturated heterocycles.